The van der Waals surface area contributed by atoms with Gasteiger partial charge < -0.3 is 15.1 Å². The summed E-state index contributed by atoms with van der Waals surface area (Å²) in [4.78, 5) is 24.4. The zero-order valence-corrected chi connectivity index (χ0v) is 12.8. The van der Waals surface area contributed by atoms with Gasteiger partial charge in [-0.25, -0.2) is 14.4 Å². The van der Waals surface area contributed by atoms with Gasteiger partial charge in [0.25, 0.3) is 0 Å². The molecule has 3 rings (SSSR count). The molecule has 0 unspecified atom stereocenters. The Bertz CT molecular complexity index is 523. The van der Waals surface area contributed by atoms with Crippen molar-refractivity contribution in [1.82, 2.24) is 20.2 Å². The highest BCUT2D eigenvalue weighted by Gasteiger charge is 2.39. The van der Waals surface area contributed by atoms with Gasteiger partial charge in [-0.2, -0.15) is 0 Å². The lowest BCUT2D eigenvalue weighted by Gasteiger charge is -2.47. The van der Waals surface area contributed by atoms with E-state index in [1.165, 1.54) is 12.4 Å². The molecule has 7 heteroatoms. The zero-order valence-electron chi connectivity index (χ0n) is 12.8. The number of halogens is 1. The molecule has 3 heterocycles. The summed E-state index contributed by atoms with van der Waals surface area (Å²) in [5.74, 6) is 0.874. The molecular weight excluding hydrogens is 285 g/mol. The normalized spacial score (nSPS) is 25.3. The Balaban J connectivity index is 1.68. The summed E-state index contributed by atoms with van der Waals surface area (Å²) >= 11 is 0. The van der Waals surface area contributed by atoms with Crippen molar-refractivity contribution >= 4 is 11.9 Å². The molecule has 2 atom stereocenters. The number of carbonyl (C=O) groups excluding carboxylic acids is 1. The second-order valence-corrected chi connectivity index (χ2v) is 5.99. The fourth-order valence-electron chi connectivity index (χ4n) is 3.52. The third-order valence-corrected chi connectivity index (χ3v) is 4.64. The first-order valence-corrected chi connectivity index (χ1v) is 7.85. The third-order valence-electron chi connectivity index (χ3n) is 4.64. The summed E-state index contributed by atoms with van der Waals surface area (Å²) in [6.45, 7) is 3.22. The van der Waals surface area contributed by atoms with Crippen molar-refractivity contribution in [2.45, 2.75) is 25.3 Å². The number of hydrogen-bond acceptors (Lipinski definition) is 5. The zero-order chi connectivity index (χ0) is 15.5. The number of fused-ring (bicyclic) bond motifs is 1. The van der Waals surface area contributed by atoms with Crippen LogP contribution in [0.5, 0.6) is 0 Å². The molecule has 0 saturated carbocycles. The van der Waals surface area contributed by atoms with Gasteiger partial charge in [0.1, 0.15) is 0 Å². The number of likely N-dealkylation sites (N-methyl/N-ethyl adjacent to an activating group) is 1. The van der Waals surface area contributed by atoms with Crippen LogP contribution < -0.4 is 10.2 Å². The first-order chi connectivity index (χ1) is 10.7. The lowest BCUT2D eigenvalue weighted by Crippen LogP contribution is -2.57. The minimum Gasteiger partial charge on any atom is -0.340 e. The number of carbonyl (C=O) groups is 1. The molecule has 2 aliphatic rings. The highest BCUT2D eigenvalue weighted by molar-refractivity contribution is 5.77. The Morgan fingerprint density at radius 3 is 2.86 bits per heavy atom. The predicted octanol–water partition coefficient (Wildman–Crippen LogP) is 0.652. The lowest BCUT2D eigenvalue weighted by atomic mass is 9.83. The highest BCUT2D eigenvalue weighted by Crippen LogP contribution is 2.32. The van der Waals surface area contributed by atoms with Crippen LogP contribution >= 0.6 is 0 Å². The molecule has 1 N–H and O–H groups in total. The summed E-state index contributed by atoms with van der Waals surface area (Å²) in [5, 5.41) is 3.11. The van der Waals surface area contributed by atoms with Crippen molar-refractivity contribution in [3.05, 3.63) is 18.2 Å². The summed E-state index contributed by atoms with van der Waals surface area (Å²) in [5.41, 5.74) is 0. The second-order valence-electron chi connectivity index (χ2n) is 5.99. The van der Waals surface area contributed by atoms with Gasteiger partial charge in [-0.1, -0.05) is 0 Å². The predicted molar refractivity (Wildman–Crippen MR) is 81.0 cm³/mol. The molecule has 2 saturated heterocycles. The van der Waals surface area contributed by atoms with Crippen molar-refractivity contribution in [3.63, 3.8) is 0 Å². The summed E-state index contributed by atoms with van der Waals surface area (Å²) in [6.07, 6.45) is 4.86. The topological polar surface area (TPSA) is 61.4 Å². The number of amides is 1. The Morgan fingerprint density at radius 1 is 1.36 bits per heavy atom. The van der Waals surface area contributed by atoms with E-state index in [1.54, 1.807) is 0 Å². The second kappa shape index (κ2) is 6.56. The molecule has 6 nitrogen and oxygen atoms in total. The smallest absolute Gasteiger partial charge is 0.225 e. The van der Waals surface area contributed by atoms with Crippen molar-refractivity contribution in [3.8, 4) is 0 Å². The van der Waals surface area contributed by atoms with Gasteiger partial charge in [0.05, 0.1) is 12.4 Å². The van der Waals surface area contributed by atoms with E-state index in [-0.39, 0.29) is 5.91 Å². The van der Waals surface area contributed by atoms with Gasteiger partial charge in [-0.05, 0) is 25.8 Å². The van der Waals surface area contributed by atoms with Crippen LogP contribution in [0.25, 0.3) is 0 Å². The summed E-state index contributed by atoms with van der Waals surface area (Å²) in [6, 6.07) is 0.311. The van der Waals surface area contributed by atoms with E-state index in [0.717, 1.165) is 39.0 Å². The molecule has 2 fully saturated rings. The number of hydrogen-bond donors (Lipinski definition) is 1. The highest BCUT2D eigenvalue weighted by atomic mass is 19.1. The first kappa shape index (κ1) is 15.1. The fraction of sp³-hybridized carbons (Fsp3) is 0.667. The SMILES string of the molecule is CNCCN1C(=O)CC[C@H]2CN(c3ncc(F)cn3)CC[C@H]21. The van der Waals surface area contributed by atoms with Crippen molar-refractivity contribution in [2.24, 2.45) is 5.92 Å². The first-order valence-electron chi connectivity index (χ1n) is 7.85. The van der Waals surface area contributed by atoms with E-state index in [4.69, 9.17) is 0 Å². The number of nitrogens with zero attached hydrogens (tertiary/aromatic N) is 4. The van der Waals surface area contributed by atoms with Gasteiger partial charge in [0.2, 0.25) is 11.9 Å². The van der Waals surface area contributed by atoms with Gasteiger partial charge >= 0.3 is 0 Å². The van der Waals surface area contributed by atoms with Crippen LogP contribution in [0.15, 0.2) is 12.4 Å². The number of likely N-dealkylation sites (tertiary alicyclic amines) is 1. The molecule has 120 valence electrons. The maximum Gasteiger partial charge on any atom is 0.225 e. The average Bonchev–Trinajstić information content (AvgIpc) is 2.54. The molecular formula is C15H22FN5O. The number of rotatable bonds is 4. The molecule has 1 aromatic heterocycles. The number of aromatic nitrogens is 2. The summed E-state index contributed by atoms with van der Waals surface area (Å²) < 4.78 is 12.9. The van der Waals surface area contributed by atoms with E-state index < -0.39 is 5.82 Å². The van der Waals surface area contributed by atoms with Crippen LogP contribution in [0.3, 0.4) is 0 Å². The molecule has 2 aliphatic heterocycles. The Morgan fingerprint density at radius 2 is 2.14 bits per heavy atom. The van der Waals surface area contributed by atoms with E-state index in [9.17, 15) is 9.18 Å². The van der Waals surface area contributed by atoms with Crippen LogP contribution in [0.4, 0.5) is 10.3 Å². The number of anilines is 1. The van der Waals surface area contributed by atoms with E-state index >= 15 is 0 Å². The largest absolute Gasteiger partial charge is 0.340 e. The Hall–Kier alpha value is -1.76. The molecule has 0 spiro atoms. The van der Waals surface area contributed by atoms with Crippen molar-refractivity contribution in [1.29, 1.82) is 0 Å². The van der Waals surface area contributed by atoms with Gasteiger partial charge in [0.15, 0.2) is 5.82 Å². The third kappa shape index (κ3) is 3.04. The van der Waals surface area contributed by atoms with Gasteiger partial charge in [0, 0.05) is 38.6 Å². The summed E-state index contributed by atoms with van der Waals surface area (Å²) in [7, 11) is 1.90. The van der Waals surface area contributed by atoms with Gasteiger partial charge in [-0.15, -0.1) is 0 Å². The average molecular weight is 307 g/mol. The fourth-order valence-corrected chi connectivity index (χ4v) is 3.52. The number of piperidine rings is 2. The minimum absolute atomic E-state index is 0.267. The van der Waals surface area contributed by atoms with Crippen molar-refractivity contribution < 1.29 is 9.18 Å². The Labute approximate surface area is 129 Å². The monoisotopic (exact) mass is 307 g/mol. The molecule has 0 aromatic carbocycles. The molecule has 1 aromatic rings. The Kier molecular flexibility index (Phi) is 4.52. The van der Waals surface area contributed by atoms with Crippen molar-refractivity contribution in [2.75, 3.05) is 38.1 Å². The molecule has 0 radical (unpaired) electrons. The van der Waals surface area contributed by atoms with Crippen LogP contribution in [-0.2, 0) is 4.79 Å². The molecule has 0 bridgehead atoms. The molecule has 22 heavy (non-hydrogen) atoms. The van der Waals surface area contributed by atoms with Crippen LogP contribution in [0.1, 0.15) is 19.3 Å². The van der Waals surface area contributed by atoms with Gasteiger partial charge in [-0.3, -0.25) is 4.79 Å². The van der Waals surface area contributed by atoms with Crippen LogP contribution in [0.2, 0.25) is 0 Å². The number of nitrogens with one attached hydrogen (secondary N) is 1. The van der Waals surface area contributed by atoms with E-state index in [2.05, 4.69) is 20.2 Å². The standard InChI is InChI=1S/C15H22FN5O/c1-17-5-7-21-13-4-6-20(10-11(13)2-3-14(21)22)15-18-8-12(16)9-19-15/h8-9,11,13,17H,2-7,10H2,1H3/t11-,13+/m0/s1. The quantitative estimate of drug-likeness (QED) is 0.885. The molecule has 1 amide bonds. The van der Waals surface area contributed by atoms with E-state index in [0.29, 0.717) is 24.3 Å². The van der Waals surface area contributed by atoms with Crippen LogP contribution in [-0.4, -0.2) is 60.0 Å². The maximum absolute atomic E-state index is 12.9. The molecule has 0 aliphatic carbocycles. The lowest BCUT2D eigenvalue weighted by molar-refractivity contribution is -0.139. The maximum atomic E-state index is 12.9. The minimum atomic E-state index is -0.417. The van der Waals surface area contributed by atoms with E-state index in [1.807, 2.05) is 11.9 Å². The van der Waals surface area contributed by atoms with Crippen LogP contribution in [0, 0.1) is 11.7 Å².